The molecule has 4 nitrogen and oxygen atoms in total. The maximum atomic E-state index is 12.1. The predicted molar refractivity (Wildman–Crippen MR) is 66.0 cm³/mol. The summed E-state index contributed by atoms with van der Waals surface area (Å²) < 4.78 is 40.0. The minimum atomic E-state index is -4.68. The second-order valence-corrected chi connectivity index (χ2v) is 4.05. The summed E-state index contributed by atoms with van der Waals surface area (Å²) >= 11 is 0. The molecule has 0 radical (unpaired) electrons. The number of fused-ring (bicyclic) bond motifs is 1. The highest BCUT2D eigenvalue weighted by atomic mass is 19.4. The number of benzene rings is 1. The quantitative estimate of drug-likeness (QED) is 0.780. The van der Waals surface area contributed by atoms with Gasteiger partial charge in [-0.1, -0.05) is 0 Å². The molecule has 0 saturated carbocycles. The minimum Gasteiger partial charge on any atom is -0.406 e. The third-order valence-corrected chi connectivity index (χ3v) is 2.66. The number of nitrogens with zero attached hydrogens (tertiary/aromatic N) is 2. The van der Waals surface area contributed by atoms with Crippen LogP contribution in [0.1, 0.15) is 0 Å². The van der Waals surface area contributed by atoms with Gasteiger partial charge in [0, 0.05) is 18.1 Å². The van der Waals surface area contributed by atoms with Crippen molar-refractivity contribution < 1.29 is 17.9 Å². The maximum Gasteiger partial charge on any atom is 0.573 e. The van der Waals surface area contributed by atoms with E-state index in [1.54, 1.807) is 18.5 Å². The number of H-pyrrole nitrogens is 1. The van der Waals surface area contributed by atoms with Crippen LogP contribution in [-0.4, -0.2) is 21.3 Å². The summed E-state index contributed by atoms with van der Waals surface area (Å²) in [5, 5.41) is 0. The van der Waals surface area contributed by atoms with Crippen LogP contribution in [-0.2, 0) is 0 Å². The van der Waals surface area contributed by atoms with Gasteiger partial charge in [-0.05, 0) is 35.9 Å². The van der Waals surface area contributed by atoms with Crippen molar-refractivity contribution in [2.75, 3.05) is 0 Å². The van der Waals surface area contributed by atoms with Crippen molar-refractivity contribution in [2.24, 2.45) is 0 Å². The molecule has 2 aromatic heterocycles. The van der Waals surface area contributed by atoms with Gasteiger partial charge < -0.3 is 9.72 Å². The zero-order valence-electron chi connectivity index (χ0n) is 9.98. The molecule has 0 fully saturated rings. The molecule has 2 heterocycles. The van der Waals surface area contributed by atoms with E-state index >= 15 is 0 Å². The highest BCUT2D eigenvalue weighted by molar-refractivity contribution is 5.79. The number of nitrogens with one attached hydrogen (secondary N) is 1. The Hall–Kier alpha value is -2.57. The molecular formula is C13H8F3N3O. The van der Waals surface area contributed by atoms with Crippen molar-refractivity contribution >= 4 is 11.2 Å². The highest BCUT2D eigenvalue weighted by Gasteiger charge is 2.30. The van der Waals surface area contributed by atoms with Crippen molar-refractivity contribution in [1.29, 1.82) is 0 Å². The van der Waals surface area contributed by atoms with Crippen LogP contribution in [0.15, 0.2) is 42.7 Å². The van der Waals surface area contributed by atoms with Crippen molar-refractivity contribution in [1.82, 2.24) is 15.0 Å². The standard InChI is InChI=1S/C13H8F3N3O/c14-13(15,16)20-9-3-1-8(2-4-9)10-7-11-12(19-10)18-6-5-17-11/h1-7H,(H,18,19). The molecule has 102 valence electrons. The number of halogens is 3. The summed E-state index contributed by atoms with van der Waals surface area (Å²) in [7, 11) is 0. The summed E-state index contributed by atoms with van der Waals surface area (Å²) in [5.74, 6) is -0.256. The Morgan fingerprint density at radius 1 is 1.00 bits per heavy atom. The first kappa shape index (κ1) is 12.5. The first-order valence-corrected chi connectivity index (χ1v) is 5.67. The molecule has 0 amide bonds. The van der Waals surface area contributed by atoms with Gasteiger partial charge in [0.05, 0.1) is 0 Å². The maximum absolute atomic E-state index is 12.1. The lowest BCUT2D eigenvalue weighted by Gasteiger charge is -2.08. The van der Waals surface area contributed by atoms with E-state index < -0.39 is 6.36 Å². The molecule has 3 aromatic rings. The van der Waals surface area contributed by atoms with E-state index in [2.05, 4.69) is 19.7 Å². The summed E-state index contributed by atoms with van der Waals surface area (Å²) in [5.41, 5.74) is 2.76. The molecule has 0 atom stereocenters. The fourth-order valence-corrected chi connectivity index (χ4v) is 1.84. The smallest absolute Gasteiger partial charge is 0.406 e. The van der Waals surface area contributed by atoms with E-state index in [9.17, 15) is 13.2 Å². The average molecular weight is 279 g/mol. The molecule has 0 unspecified atom stereocenters. The van der Waals surface area contributed by atoms with Crippen molar-refractivity contribution in [3.63, 3.8) is 0 Å². The second-order valence-electron chi connectivity index (χ2n) is 4.05. The van der Waals surface area contributed by atoms with Crippen LogP contribution < -0.4 is 4.74 Å². The molecule has 0 bridgehead atoms. The summed E-state index contributed by atoms with van der Waals surface area (Å²) in [6.07, 6.45) is -1.56. The number of hydrogen-bond acceptors (Lipinski definition) is 3. The Morgan fingerprint density at radius 3 is 2.35 bits per heavy atom. The molecule has 0 aliphatic heterocycles. The van der Waals surface area contributed by atoms with Gasteiger partial charge in [-0.15, -0.1) is 13.2 Å². The van der Waals surface area contributed by atoms with Gasteiger partial charge in [-0.2, -0.15) is 0 Å². The Bertz CT molecular complexity index is 701. The normalized spacial score (nSPS) is 11.8. The minimum absolute atomic E-state index is 0.256. The van der Waals surface area contributed by atoms with Gasteiger partial charge in [-0.3, -0.25) is 4.98 Å². The topological polar surface area (TPSA) is 50.8 Å². The monoisotopic (exact) mass is 279 g/mol. The molecule has 20 heavy (non-hydrogen) atoms. The number of hydrogen-bond donors (Lipinski definition) is 1. The molecular weight excluding hydrogens is 271 g/mol. The molecule has 7 heteroatoms. The van der Waals surface area contributed by atoms with Gasteiger partial charge in [0.15, 0.2) is 5.65 Å². The van der Waals surface area contributed by atoms with E-state index in [-0.39, 0.29) is 5.75 Å². The Morgan fingerprint density at radius 2 is 1.70 bits per heavy atom. The summed E-state index contributed by atoms with van der Waals surface area (Å²) in [6, 6.07) is 7.36. The van der Waals surface area contributed by atoms with Gasteiger partial charge in [0.1, 0.15) is 11.3 Å². The van der Waals surface area contributed by atoms with Crippen LogP contribution in [0.2, 0.25) is 0 Å². The van der Waals surface area contributed by atoms with Crippen molar-refractivity contribution in [2.45, 2.75) is 6.36 Å². The number of aromatic nitrogens is 3. The van der Waals surface area contributed by atoms with Gasteiger partial charge in [0.2, 0.25) is 0 Å². The molecule has 1 aromatic carbocycles. The van der Waals surface area contributed by atoms with Gasteiger partial charge in [0.25, 0.3) is 0 Å². The van der Waals surface area contributed by atoms with Crippen molar-refractivity contribution in [3.8, 4) is 17.0 Å². The summed E-state index contributed by atoms with van der Waals surface area (Å²) in [4.78, 5) is 11.3. The SMILES string of the molecule is FC(F)(F)Oc1ccc(-c2cc3nccnc3[nH]2)cc1. The zero-order valence-corrected chi connectivity index (χ0v) is 9.98. The van der Waals surface area contributed by atoms with Crippen molar-refractivity contribution in [3.05, 3.63) is 42.7 Å². The summed E-state index contributed by atoms with van der Waals surface area (Å²) in [6.45, 7) is 0. The first-order valence-electron chi connectivity index (χ1n) is 5.67. The lowest BCUT2D eigenvalue weighted by molar-refractivity contribution is -0.274. The first-order chi connectivity index (χ1) is 9.51. The Balaban J connectivity index is 1.90. The fourth-order valence-electron chi connectivity index (χ4n) is 1.84. The van der Waals surface area contributed by atoms with Crippen LogP contribution in [0.5, 0.6) is 5.75 Å². The molecule has 0 aliphatic carbocycles. The second kappa shape index (κ2) is 4.52. The number of rotatable bonds is 2. The lowest BCUT2D eigenvalue weighted by atomic mass is 10.1. The van der Waals surface area contributed by atoms with Gasteiger partial charge in [-0.25, -0.2) is 4.98 Å². The number of ether oxygens (including phenoxy) is 1. The lowest BCUT2D eigenvalue weighted by Crippen LogP contribution is -2.16. The van der Waals surface area contributed by atoms with Crippen LogP contribution in [0.3, 0.4) is 0 Å². The number of alkyl halides is 3. The van der Waals surface area contributed by atoms with E-state index in [1.165, 1.54) is 24.3 Å². The average Bonchev–Trinajstić information content (AvgIpc) is 2.81. The molecule has 0 aliphatic rings. The Labute approximate surface area is 111 Å². The zero-order chi connectivity index (χ0) is 14.2. The third kappa shape index (κ3) is 2.56. The van der Waals surface area contributed by atoms with Crippen LogP contribution in [0.25, 0.3) is 22.4 Å². The Kier molecular flexibility index (Phi) is 2.81. The fraction of sp³-hybridized carbons (Fsp3) is 0.0769. The highest BCUT2D eigenvalue weighted by Crippen LogP contribution is 2.27. The van der Waals surface area contributed by atoms with Gasteiger partial charge >= 0.3 is 6.36 Å². The predicted octanol–water partition coefficient (Wildman–Crippen LogP) is 3.52. The third-order valence-electron chi connectivity index (χ3n) is 2.66. The van der Waals surface area contributed by atoms with Crippen LogP contribution in [0.4, 0.5) is 13.2 Å². The van der Waals surface area contributed by atoms with E-state index in [0.717, 1.165) is 11.3 Å². The van der Waals surface area contributed by atoms with E-state index in [4.69, 9.17) is 0 Å². The van der Waals surface area contributed by atoms with Crippen LogP contribution >= 0.6 is 0 Å². The molecule has 0 saturated heterocycles. The largest absolute Gasteiger partial charge is 0.573 e. The molecule has 3 rings (SSSR count). The molecule has 0 spiro atoms. The van der Waals surface area contributed by atoms with E-state index in [0.29, 0.717) is 11.2 Å². The van der Waals surface area contributed by atoms with Crippen LogP contribution in [0, 0.1) is 0 Å². The number of aromatic amines is 1. The van der Waals surface area contributed by atoms with E-state index in [1.807, 2.05) is 0 Å². The molecule has 1 N–H and O–H groups in total.